The highest BCUT2D eigenvalue weighted by atomic mass is 19.1. The van der Waals surface area contributed by atoms with Crippen molar-refractivity contribution in [3.8, 4) is 5.75 Å². The van der Waals surface area contributed by atoms with Crippen molar-refractivity contribution in [2.75, 3.05) is 33.5 Å². The molecule has 1 N–H and O–H groups in total. The molecule has 18 heavy (non-hydrogen) atoms. The molecule has 1 rings (SSSR count). The Kier molecular flexibility index (Phi) is 6.64. The van der Waals surface area contributed by atoms with Crippen LogP contribution in [0, 0.1) is 5.82 Å². The molecular formula is C13H19FO4. The summed E-state index contributed by atoms with van der Waals surface area (Å²) in [6, 6.07) is 4.07. The van der Waals surface area contributed by atoms with Crippen LogP contribution in [-0.2, 0) is 9.47 Å². The molecule has 0 unspecified atom stereocenters. The highest BCUT2D eigenvalue weighted by Gasteiger charge is 2.10. The van der Waals surface area contributed by atoms with Gasteiger partial charge in [-0.25, -0.2) is 4.39 Å². The molecule has 0 amide bonds. The molecule has 0 bridgehead atoms. The van der Waals surface area contributed by atoms with Gasteiger partial charge in [0, 0.05) is 12.7 Å². The SMILES string of the molecule is COCCOCCOc1ccc(F)cc1[C@H](C)O. The Hall–Kier alpha value is -1.17. The molecule has 0 aliphatic rings. The van der Waals surface area contributed by atoms with Crippen LogP contribution < -0.4 is 4.74 Å². The van der Waals surface area contributed by atoms with Crippen LogP contribution in [0.2, 0.25) is 0 Å². The fraction of sp³-hybridized carbons (Fsp3) is 0.538. The Morgan fingerprint density at radius 3 is 2.61 bits per heavy atom. The van der Waals surface area contributed by atoms with Crippen LogP contribution in [0.1, 0.15) is 18.6 Å². The van der Waals surface area contributed by atoms with Crippen molar-refractivity contribution in [2.24, 2.45) is 0 Å². The van der Waals surface area contributed by atoms with E-state index < -0.39 is 11.9 Å². The largest absolute Gasteiger partial charge is 0.491 e. The maximum atomic E-state index is 13.0. The Balaban J connectivity index is 2.42. The highest BCUT2D eigenvalue weighted by Crippen LogP contribution is 2.25. The van der Waals surface area contributed by atoms with Gasteiger partial charge in [-0.15, -0.1) is 0 Å². The summed E-state index contributed by atoms with van der Waals surface area (Å²) in [7, 11) is 1.60. The molecule has 0 aromatic heterocycles. The molecule has 0 saturated carbocycles. The lowest BCUT2D eigenvalue weighted by Crippen LogP contribution is -2.11. The summed E-state index contributed by atoms with van der Waals surface area (Å²) in [6.07, 6.45) is -0.773. The third kappa shape index (κ3) is 5.00. The monoisotopic (exact) mass is 258 g/mol. The Labute approximate surface area is 106 Å². The molecule has 1 atom stereocenters. The van der Waals surface area contributed by atoms with Gasteiger partial charge in [0.05, 0.1) is 25.9 Å². The second kappa shape index (κ2) is 8.02. The van der Waals surface area contributed by atoms with Gasteiger partial charge in [-0.3, -0.25) is 0 Å². The summed E-state index contributed by atoms with van der Waals surface area (Å²) in [4.78, 5) is 0. The topological polar surface area (TPSA) is 47.9 Å². The zero-order valence-electron chi connectivity index (χ0n) is 10.7. The summed E-state index contributed by atoms with van der Waals surface area (Å²) in [5.74, 6) is 0.0799. The Bertz CT molecular complexity index is 355. The van der Waals surface area contributed by atoms with Crippen LogP contribution in [0.5, 0.6) is 5.75 Å². The first-order chi connectivity index (χ1) is 8.65. The average Bonchev–Trinajstić information content (AvgIpc) is 2.35. The summed E-state index contributed by atoms with van der Waals surface area (Å²) in [5, 5.41) is 9.51. The van der Waals surface area contributed by atoms with Crippen LogP contribution in [0.25, 0.3) is 0 Å². The zero-order chi connectivity index (χ0) is 13.4. The lowest BCUT2D eigenvalue weighted by molar-refractivity contribution is 0.0537. The highest BCUT2D eigenvalue weighted by molar-refractivity contribution is 5.35. The maximum absolute atomic E-state index is 13.0. The van der Waals surface area contributed by atoms with Gasteiger partial charge >= 0.3 is 0 Å². The minimum absolute atomic E-state index is 0.342. The molecule has 1 aromatic carbocycles. The van der Waals surface area contributed by atoms with Crippen molar-refractivity contribution < 1.29 is 23.7 Å². The fourth-order valence-electron chi connectivity index (χ4n) is 1.43. The smallest absolute Gasteiger partial charge is 0.125 e. The number of ether oxygens (including phenoxy) is 3. The zero-order valence-corrected chi connectivity index (χ0v) is 10.7. The number of halogens is 1. The lowest BCUT2D eigenvalue weighted by atomic mass is 10.1. The predicted molar refractivity (Wildman–Crippen MR) is 65.2 cm³/mol. The quantitative estimate of drug-likeness (QED) is 0.724. The number of hydrogen-bond donors (Lipinski definition) is 1. The van der Waals surface area contributed by atoms with Crippen molar-refractivity contribution >= 4 is 0 Å². The van der Waals surface area contributed by atoms with Gasteiger partial charge in [-0.05, 0) is 25.1 Å². The van der Waals surface area contributed by atoms with E-state index in [1.54, 1.807) is 14.0 Å². The predicted octanol–water partition coefficient (Wildman–Crippen LogP) is 1.92. The van der Waals surface area contributed by atoms with Gasteiger partial charge in [0.25, 0.3) is 0 Å². The first-order valence-corrected chi connectivity index (χ1v) is 5.82. The molecule has 0 aliphatic heterocycles. The molecule has 0 radical (unpaired) electrons. The molecule has 1 aromatic rings. The van der Waals surface area contributed by atoms with E-state index in [0.717, 1.165) is 0 Å². The second-order valence-corrected chi connectivity index (χ2v) is 3.81. The molecule has 5 heteroatoms. The van der Waals surface area contributed by atoms with Gasteiger partial charge < -0.3 is 19.3 Å². The van der Waals surface area contributed by atoms with Crippen molar-refractivity contribution in [2.45, 2.75) is 13.0 Å². The Morgan fingerprint density at radius 2 is 1.94 bits per heavy atom. The molecule has 4 nitrogen and oxygen atoms in total. The first-order valence-electron chi connectivity index (χ1n) is 5.82. The number of benzene rings is 1. The maximum Gasteiger partial charge on any atom is 0.125 e. The van der Waals surface area contributed by atoms with E-state index >= 15 is 0 Å². The van der Waals surface area contributed by atoms with Gasteiger partial charge in [0.1, 0.15) is 18.2 Å². The minimum Gasteiger partial charge on any atom is -0.491 e. The summed E-state index contributed by atoms with van der Waals surface area (Å²) in [6.45, 7) is 3.37. The van der Waals surface area contributed by atoms with Crippen LogP contribution in [0.3, 0.4) is 0 Å². The molecule has 0 saturated heterocycles. The van der Waals surface area contributed by atoms with Crippen LogP contribution in [-0.4, -0.2) is 38.6 Å². The first kappa shape index (κ1) is 14.9. The third-order valence-corrected chi connectivity index (χ3v) is 2.34. The fourth-order valence-corrected chi connectivity index (χ4v) is 1.43. The molecule has 102 valence electrons. The Morgan fingerprint density at radius 1 is 1.22 bits per heavy atom. The molecule has 0 fully saturated rings. The van der Waals surface area contributed by atoms with E-state index in [1.807, 2.05) is 0 Å². The van der Waals surface area contributed by atoms with Crippen LogP contribution >= 0.6 is 0 Å². The number of hydrogen-bond acceptors (Lipinski definition) is 4. The molecule has 0 heterocycles. The van der Waals surface area contributed by atoms with E-state index in [0.29, 0.717) is 37.7 Å². The summed E-state index contributed by atoms with van der Waals surface area (Å²) >= 11 is 0. The van der Waals surface area contributed by atoms with Crippen molar-refractivity contribution in [3.05, 3.63) is 29.6 Å². The number of rotatable bonds is 8. The third-order valence-electron chi connectivity index (χ3n) is 2.34. The van der Waals surface area contributed by atoms with Gasteiger partial charge in [-0.1, -0.05) is 0 Å². The summed E-state index contributed by atoms with van der Waals surface area (Å²) < 4.78 is 28.5. The van der Waals surface area contributed by atoms with Gasteiger partial charge in [0.15, 0.2) is 0 Å². The number of methoxy groups -OCH3 is 1. The lowest BCUT2D eigenvalue weighted by Gasteiger charge is -2.13. The van der Waals surface area contributed by atoms with Crippen molar-refractivity contribution in [1.82, 2.24) is 0 Å². The van der Waals surface area contributed by atoms with Gasteiger partial charge in [0.2, 0.25) is 0 Å². The van der Waals surface area contributed by atoms with E-state index in [2.05, 4.69) is 0 Å². The van der Waals surface area contributed by atoms with E-state index in [9.17, 15) is 9.50 Å². The number of aliphatic hydroxyl groups is 1. The number of aliphatic hydroxyl groups excluding tert-OH is 1. The summed E-state index contributed by atoms with van der Waals surface area (Å²) in [5.41, 5.74) is 0.437. The normalized spacial score (nSPS) is 12.4. The van der Waals surface area contributed by atoms with Crippen molar-refractivity contribution in [3.63, 3.8) is 0 Å². The minimum atomic E-state index is -0.773. The van der Waals surface area contributed by atoms with Gasteiger partial charge in [-0.2, -0.15) is 0 Å². The van der Waals surface area contributed by atoms with E-state index in [4.69, 9.17) is 14.2 Å². The van der Waals surface area contributed by atoms with Crippen molar-refractivity contribution in [1.29, 1.82) is 0 Å². The van der Waals surface area contributed by atoms with E-state index in [1.165, 1.54) is 18.2 Å². The van der Waals surface area contributed by atoms with Crippen LogP contribution in [0.15, 0.2) is 18.2 Å². The van der Waals surface area contributed by atoms with Crippen LogP contribution in [0.4, 0.5) is 4.39 Å². The molecule has 0 aliphatic carbocycles. The molecule has 0 spiro atoms. The standard InChI is InChI=1S/C13H19FO4/c1-10(15)12-9-11(14)3-4-13(12)18-8-7-17-6-5-16-2/h3-4,9-10,15H,5-8H2,1-2H3/t10-/m0/s1. The second-order valence-electron chi connectivity index (χ2n) is 3.81. The molecular weight excluding hydrogens is 239 g/mol. The average molecular weight is 258 g/mol. The van der Waals surface area contributed by atoms with E-state index in [-0.39, 0.29) is 0 Å².